The molecule has 0 radical (unpaired) electrons. The molecule has 1 aromatic carbocycles. The number of hydrogen-bond acceptors (Lipinski definition) is 10. The van der Waals surface area contributed by atoms with Crippen molar-refractivity contribution in [2.24, 2.45) is 12.8 Å². The van der Waals surface area contributed by atoms with E-state index < -0.39 is 29.6 Å². The number of amides is 1. The van der Waals surface area contributed by atoms with Crippen molar-refractivity contribution in [3.8, 4) is 22.6 Å². The summed E-state index contributed by atoms with van der Waals surface area (Å²) >= 11 is 0. The molecule has 2 N–H and O–H groups in total. The average Bonchev–Trinajstić information content (AvgIpc) is 3.44. The summed E-state index contributed by atoms with van der Waals surface area (Å²) in [4.78, 5) is 39.7. The van der Waals surface area contributed by atoms with Crippen LogP contribution in [0.4, 0.5) is 9.18 Å². The average molecular weight is 492 g/mol. The van der Waals surface area contributed by atoms with Crippen molar-refractivity contribution in [3.63, 3.8) is 0 Å². The van der Waals surface area contributed by atoms with Crippen LogP contribution in [-0.2, 0) is 32.1 Å². The molecule has 0 saturated carbocycles. The fraction of sp³-hybridized carbons (Fsp3) is 0.300. The van der Waals surface area contributed by atoms with E-state index in [0.717, 1.165) is 0 Å². The molecule has 2 atom stereocenters. The summed E-state index contributed by atoms with van der Waals surface area (Å²) in [5.41, 5.74) is 5.83. The van der Waals surface area contributed by atoms with E-state index in [4.69, 9.17) is 20.2 Å². The molecule has 178 valence electrons. The molecule has 0 bridgehead atoms. The monoisotopic (exact) mass is 491 g/mol. The molecule has 0 aliphatic carbocycles. The highest BCUT2D eigenvalue weighted by molar-refractivity contribution is 5.85. The minimum Gasteiger partial charge on any atom is -0.447 e. The zero-order valence-electron chi connectivity index (χ0n) is 17.8. The van der Waals surface area contributed by atoms with Crippen molar-refractivity contribution in [1.29, 1.82) is 0 Å². The summed E-state index contributed by atoms with van der Waals surface area (Å²) in [6.45, 7) is 0.279. The number of aromatic nitrogens is 5. The van der Waals surface area contributed by atoms with Gasteiger partial charge in [-0.25, -0.2) is 18.7 Å². The molecule has 34 heavy (non-hydrogen) atoms. The van der Waals surface area contributed by atoms with Crippen LogP contribution in [-0.4, -0.2) is 61.3 Å². The van der Waals surface area contributed by atoms with Gasteiger partial charge in [0.15, 0.2) is 5.82 Å². The molecule has 2 aliphatic heterocycles. The molecule has 2 aliphatic rings. The van der Waals surface area contributed by atoms with E-state index in [-0.39, 0.29) is 43.1 Å². The number of nitrogens with two attached hydrogens (primary N) is 1. The first-order valence-electron chi connectivity index (χ1n) is 9.98. The van der Waals surface area contributed by atoms with E-state index in [0.29, 0.717) is 17.1 Å². The first-order chi connectivity index (χ1) is 15.9. The Morgan fingerprint density at radius 1 is 1.24 bits per heavy atom. The number of halogens is 2. The van der Waals surface area contributed by atoms with E-state index >= 15 is 4.39 Å². The van der Waals surface area contributed by atoms with Crippen molar-refractivity contribution in [1.82, 2.24) is 30.1 Å². The van der Waals surface area contributed by atoms with Crippen LogP contribution in [0.2, 0.25) is 0 Å². The van der Waals surface area contributed by atoms with Crippen molar-refractivity contribution < 1.29 is 28.5 Å². The second kappa shape index (κ2) is 8.93. The topological polar surface area (TPSA) is 148 Å². The van der Waals surface area contributed by atoms with Crippen molar-refractivity contribution in [2.45, 2.75) is 18.2 Å². The molecule has 1 amide bonds. The minimum absolute atomic E-state index is 0. The summed E-state index contributed by atoms with van der Waals surface area (Å²) in [6, 6.07) is 6.63. The molecule has 2 saturated heterocycles. The van der Waals surface area contributed by atoms with Crippen LogP contribution in [0, 0.1) is 5.82 Å². The van der Waals surface area contributed by atoms with E-state index in [1.165, 1.54) is 27.9 Å². The second-order valence-corrected chi connectivity index (χ2v) is 7.60. The zero-order valence-corrected chi connectivity index (χ0v) is 18.6. The zero-order chi connectivity index (χ0) is 23.2. The molecule has 5 rings (SSSR count). The summed E-state index contributed by atoms with van der Waals surface area (Å²) in [6.07, 6.45) is 0.703. The predicted molar refractivity (Wildman–Crippen MR) is 114 cm³/mol. The van der Waals surface area contributed by atoms with E-state index in [1.807, 2.05) is 0 Å². The van der Waals surface area contributed by atoms with Gasteiger partial charge in [0.2, 0.25) is 5.72 Å². The van der Waals surface area contributed by atoms with Crippen LogP contribution >= 0.6 is 12.4 Å². The van der Waals surface area contributed by atoms with Crippen LogP contribution < -0.4 is 5.73 Å². The maximum atomic E-state index is 15.3. The number of ether oxygens (including phenoxy) is 1. The van der Waals surface area contributed by atoms with Crippen molar-refractivity contribution in [2.75, 3.05) is 13.2 Å². The molecule has 12 nitrogen and oxygen atoms in total. The third kappa shape index (κ3) is 3.83. The molecule has 2 aromatic heterocycles. The quantitative estimate of drug-likeness (QED) is 0.529. The summed E-state index contributed by atoms with van der Waals surface area (Å²) in [5.74, 6) is -0.903. The number of tetrazole rings is 1. The van der Waals surface area contributed by atoms with Crippen molar-refractivity contribution >= 4 is 24.5 Å². The molecule has 14 heteroatoms. The number of rotatable bonds is 4. The van der Waals surface area contributed by atoms with E-state index in [1.54, 1.807) is 25.2 Å². The number of pyridine rings is 1. The Kier molecular flexibility index (Phi) is 6.17. The first kappa shape index (κ1) is 23.5. The number of nitrogens with zero attached hydrogens (tertiary/aromatic N) is 6. The Morgan fingerprint density at radius 2 is 2.06 bits per heavy atom. The van der Waals surface area contributed by atoms with Crippen molar-refractivity contribution in [3.05, 3.63) is 47.9 Å². The predicted octanol–water partition coefficient (Wildman–Crippen LogP) is 1.31. The number of hydrogen-bond donors (Lipinski definition) is 1. The van der Waals surface area contributed by atoms with E-state index in [2.05, 4.69) is 20.5 Å². The summed E-state index contributed by atoms with van der Waals surface area (Å²) in [5, 5.41) is 11.2. The Morgan fingerprint density at radius 3 is 2.65 bits per heavy atom. The number of aryl methyl sites for hydroxylation is 1. The number of cyclic esters (lactones) is 1. The Bertz CT molecular complexity index is 1240. The lowest BCUT2D eigenvalue weighted by atomic mass is 9.91. The molecule has 0 unspecified atom stereocenters. The van der Waals surface area contributed by atoms with Gasteiger partial charge in [-0.15, -0.1) is 17.5 Å². The highest BCUT2D eigenvalue weighted by Crippen LogP contribution is 2.41. The van der Waals surface area contributed by atoms with Crippen LogP contribution in [0.3, 0.4) is 0 Å². The second-order valence-electron chi connectivity index (χ2n) is 7.60. The molecular formula is C20H19ClFN7O5. The molecule has 2 fully saturated rings. The van der Waals surface area contributed by atoms with Crippen LogP contribution in [0.1, 0.15) is 12.0 Å². The highest BCUT2D eigenvalue weighted by atomic mass is 35.5. The summed E-state index contributed by atoms with van der Waals surface area (Å²) in [7, 11) is 1.69. The number of carbonyl (C=O) groups is 2. The van der Waals surface area contributed by atoms with Gasteiger partial charge in [0.1, 0.15) is 24.2 Å². The fourth-order valence-corrected chi connectivity index (χ4v) is 3.91. The normalized spacial score (nSPS) is 22.2. The van der Waals surface area contributed by atoms with Gasteiger partial charge in [-0.3, -0.25) is 14.8 Å². The SMILES string of the molecule is Cl.Cn1nnnc1-c1ccc(-c2ccc([C@@]3(N4CCOC4=O)C[C@@H](N)C(=O)OO3)cc2F)cn1. The Hall–Kier alpha value is -3.68. The van der Waals surface area contributed by atoms with Crippen LogP contribution in [0.15, 0.2) is 36.5 Å². The molecular weight excluding hydrogens is 473 g/mol. The molecule has 0 spiro atoms. The summed E-state index contributed by atoms with van der Waals surface area (Å²) < 4.78 is 21.7. The van der Waals surface area contributed by atoms with Gasteiger partial charge in [-0.05, 0) is 22.6 Å². The lowest BCUT2D eigenvalue weighted by molar-refractivity contribution is -0.386. The first-order valence-corrected chi connectivity index (χ1v) is 9.98. The standard InChI is InChI=1S/C20H18FN7O5.ClH/c1-27-17(24-25-26-27)16-5-2-11(10-23-16)13-4-3-12(8-14(13)21)20(28-6-7-31-19(28)30)9-15(22)18(29)32-33-20;/h2-5,8,10,15H,6-7,9,22H2,1H3;1H/t15-,20-;/m1./s1. The minimum atomic E-state index is -1.61. The Balaban J connectivity index is 0.00000274. The largest absolute Gasteiger partial charge is 0.447 e. The van der Waals surface area contributed by atoms with Crippen LogP contribution in [0.5, 0.6) is 0 Å². The van der Waals surface area contributed by atoms with Gasteiger partial charge in [0.25, 0.3) is 0 Å². The number of carbonyl (C=O) groups excluding carboxylic acids is 2. The maximum Gasteiger partial charge on any atom is 0.412 e. The fourth-order valence-electron chi connectivity index (χ4n) is 3.91. The molecule has 3 aromatic rings. The smallest absolute Gasteiger partial charge is 0.412 e. The lowest BCUT2D eigenvalue weighted by Gasteiger charge is -2.42. The third-order valence-corrected chi connectivity index (χ3v) is 5.60. The lowest BCUT2D eigenvalue weighted by Crippen LogP contribution is -2.57. The van der Waals surface area contributed by atoms with Gasteiger partial charge in [0, 0.05) is 36.4 Å². The molecule has 4 heterocycles. The number of benzene rings is 1. The highest BCUT2D eigenvalue weighted by Gasteiger charge is 2.53. The van der Waals surface area contributed by atoms with Gasteiger partial charge >= 0.3 is 12.1 Å². The van der Waals surface area contributed by atoms with Gasteiger partial charge < -0.3 is 10.5 Å². The van der Waals surface area contributed by atoms with Gasteiger partial charge in [-0.1, -0.05) is 18.2 Å². The van der Waals surface area contributed by atoms with Gasteiger partial charge in [-0.2, -0.15) is 4.89 Å². The maximum absolute atomic E-state index is 15.3. The van der Waals surface area contributed by atoms with Gasteiger partial charge in [0.05, 0.1) is 6.54 Å². The Labute approximate surface area is 198 Å². The van der Waals surface area contributed by atoms with Crippen LogP contribution in [0.25, 0.3) is 22.6 Å². The third-order valence-electron chi connectivity index (χ3n) is 5.60. The van der Waals surface area contributed by atoms with E-state index in [9.17, 15) is 9.59 Å².